The summed E-state index contributed by atoms with van der Waals surface area (Å²) in [5, 5.41) is 8.65. The maximum Gasteiger partial charge on any atom is 0.389 e. The third-order valence-corrected chi connectivity index (χ3v) is 3.35. The molecule has 1 aliphatic heterocycles. The monoisotopic (exact) mass is 267 g/mol. The number of hydrogen-bond acceptors (Lipinski definition) is 2. The van der Waals surface area contributed by atoms with Crippen LogP contribution in [0.15, 0.2) is 0 Å². The minimum atomic E-state index is -4.09. The standard InChI is InChI=1S/C12H20F3NO2/c13-12(14,15)7-3-9-16-8-2-1-4-10(16)5-6-11(17)18/h10H,1-9H2,(H,17,18). The van der Waals surface area contributed by atoms with Gasteiger partial charge in [0.2, 0.25) is 0 Å². The molecule has 0 amide bonds. The molecular formula is C12H20F3NO2. The molecular weight excluding hydrogens is 247 g/mol. The van der Waals surface area contributed by atoms with E-state index in [4.69, 9.17) is 5.11 Å². The number of alkyl halides is 3. The van der Waals surface area contributed by atoms with Crippen molar-refractivity contribution >= 4 is 5.97 Å². The van der Waals surface area contributed by atoms with Crippen molar-refractivity contribution in [1.82, 2.24) is 4.90 Å². The summed E-state index contributed by atoms with van der Waals surface area (Å²) in [5.41, 5.74) is 0. The van der Waals surface area contributed by atoms with Gasteiger partial charge < -0.3 is 10.0 Å². The molecule has 0 aromatic carbocycles. The second kappa shape index (κ2) is 6.97. The van der Waals surface area contributed by atoms with Crippen molar-refractivity contribution in [1.29, 1.82) is 0 Å². The van der Waals surface area contributed by atoms with E-state index in [0.29, 0.717) is 13.0 Å². The van der Waals surface area contributed by atoms with E-state index in [-0.39, 0.29) is 18.9 Å². The molecule has 1 saturated heterocycles. The molecule has 1 atom stereocenters. The predicted octanol–water partition coefficient (Wildman–Crippen LogP) is 3.05. The van der Waals surface area contributed by atoms with E-state index in [1.807, 2.05) is 4.90 Å². The van der Waals surface area contributed by atoms with Crippen LogP contribution in [-0.2, 0) is 4.79 Å². The van der Waals surface area contributed by atoms with Crippen LogP contribution in [0.3, 0.4) is 0 Å². The van der Waals surface area contributed by atoms with E-state index in [1.165, 1.54) is 0 Å². The molecule has 0 saturated carbocycles. The summed E-state index contributed by atoms with van der Waals surface area (Å²) < 4.78 is 36.2. The summed E-state index contributed by atoms with van der Waals surface area (Å²) in [6, 6.07) is 0.142. The fourth-order valence-corrected chi connectivity index (χ4v) is 2.45. The van der Waals surface area contributed by atoms with Crippen molar-refractivity contribution < 1.29 is 23.1 Å². The largest absolute Gasteiger partial charge is 0.481 e. The molecule has 1 fully saturated rings. The molecule has 1 unspecified atom stereocenters. The van der Waals surface area contributed by atoms with E-state index in [9.17, 15) is 18.0 Å². The first-order valence-electron chi connectivity index (χ1n) is 6.41. The number of likely N-dealkylation sites (tertiary alicyclic amines) is 1. The highest BCUT2D eigenvalue weighted by molar-refractivity contribution is 5.66. The Bertz CT molecular complexity index is 269. The van der Waals surface area contributed by atoms with E-state index in [1.54, 1.807) is 0 Å². The molecule has 6 heteroatoms. The average Bonchev–Trinajstić information content (AvgIpc) is 2.26. The number of halogens is 3. The van der Waals surface area contributed by atoms with Crippen molar-refractivity contribution in [2.75, 3.05) is 13.1 Å². The zero-order valence-corrected chi connectivity index (χ0v) is 10.4. The third-order valence-electron chi connectivity index (χ3n) is 3.35. The second-order valence-electron chi connectivity index (χ2n) is 4.84. The molecule has 18 heavy (non-hydrogen) atoms. The van der Waals surface area contributed by atoms with Crippen molar-refractivity contribution in [2.45, 2.75) is 57.2 Å². The summed E-state index contributed by atoms with van der Waals surface area (Å²) in [6.07, 6.45) is -1.16. The van der Waals surface area contributed by atoms with Gasteiger partial charge in [0.15, 0.2) is 0 Å². The molecule has 0 radical (unpaired) electrons. The number of rotatable bonds is 6. The van der Waals surface area contributed by atoms with Gasteiger partial charge in [-0.25, -0.2) is 0 Å². The van der Waals surface area contributed by atoms with Gasteiger partial charge in [-0.1, -0.05) is 6.42 Å². The van der Waals surface area contributed by atoms with Crippen molar-refractivity contribution in [3.05, 3.63) is 0 Å². The van der Waals surface area contributed by atoms with Gasteiger partial charge in [-0.3, -0.25) is 4.79 Å². The molecule has 1 aliphatic rings. The quantitative estimate of drug-likeness (QED) is 0.804. The van der Waals surface area contributed by atoms with Gasteiger partial charge in [0, 0.05) is 18.9 Å². The molecule has 1 N–H and O–H groups in total. The Morgan fingerprint density at radius 2 is 2.06 bits per heavy atom. The Labute approximate surface area is 105 Å². The van der Waals surface area contributed by atoms with Gasteiger partial charge in [-0.15, -0.1) is 0 Å². The fraction of sp³-hybridized carbons (Fsp3) is 0.917. The lowest BCUT2D eigenvalue weighted by atomic mass is 9.97. The number of carboxylic acids is 1. The average molecular weight is 267 g/mol. The second-order valence-corrected chi connectivity index (χ2v) is 4.84. The summed E-state index contributed by atoms with van der Waals surface area (Å²) >= 11 is 0. The van der Waals surface area contributed by atoms with E-state index >= 15 is 0 Å². The van der Waals surface area contributed by atoms with Crippen LogP contribution in [0.4, 0.5) is 13.2 Å². The Balaban J connectivity index is 2.32. The first-order valence-corrected chi connectivity index (χ1v) is 6.41. The first kappa shape index (κ1) is 15.3. The Hall–Kier alpha value is -0.780. The van der Waals surface area contributed by atoms with Gasteiger partial charge in [0.05, 0.1) is 0 Å². The van der Waals surface area contributed by atoms with Crippen molar-refractivity contribution in [3.8, 4) is 0 Å². The van der Waals surface area contributed by atoms with Gasteiger partial charge >= 0.3 is 12.1 Å². The highest BCUT2D eigenvalue weighted by Gasteiger charge is 2.28. The Kier molecular flexibility index (Phi) is 5.91. The zero-order chi connectivity index (χ0) is 13.6. The lowest BCUT2D eigenvalue weighted by Crippen LogP contribution is -2.40. The normalized spacial score (nSPS) is 22.1. The van der Waals surface area contributed by atoms with E-state index in [0.717, 1.165) is 25.8 Å². The number of hydrogen-bond donors (Lipinski definition) is 1. The number of nitrogens with zero attached hydrogens (tertiary/aromatic N) is 1. The van der Waals surface area contributed by atoms with Gasteiger partial charge in [0.25, 0.3) is 0 Å². The molecule has 1 rings (SSSR count). The Morgan fingerprint density at radius 1 is 1.33 bits per heavy atom. The highest BCUT2D eigenvalue weighted by atomic mass is 19.4. The van der Waals surface area contributed by atoms with Crippen LogP contribution >= 0.6 is 0 Å². The van der Waals surface area contributed by atoms with Gasteiger partial charge in [-0.05, 0) is 38.8 Å². The number of carbonyl (C=O) groups is 1. The van der Waals surface area contributed by atoms with E-state index in [2.05, 4.69) is 0 Å². The van der Waals surface area contributed by atoms with Gasteiger partial charge in [0.1, 0.15) is 0 Å². The minimum Gasteiger partial charge on any atom is -0.481 e. The molecule has 0 aromatic rings. The summed E-state index contributed by atoms with van der Waals surface area (Å²) in [6.45, 7) is 1.21. The fourth-order valence-electron chi connectivity index (χ4n) is 2.45. The summed E-state index contributed by atoms with van der Waals surface area (Å²) in [5.74, 6) is -0.837. The van der Waals surface area contributed by atoms with Gasteiger partial charge in [-0.2, -0.15) is 13.2 Å². The van der Waals surface area contributed by atoms with Crippen LogP contribution in [0.2, 0.25) is 0 Å². The maximum atomic E-state index is 12.1. The lowest BCUT2D eigenvalue weighted by molar-refractivity contribution is -0.137. The maximum absolute atomic E-state index is 12.1. The SMILES string of the molecule is O=C(O)CCC1CCCCN1CCCC(F)(F)F. The lowest BCUT2D eigenvalue weighted by Gasteiger charge is -2.35. The molecule has 1 heterocycles. The van der Waals surface area contributed by atoms with Crippen LogP contribution in [0.1, 0.15) is 44.9 Å². The smallest absolute Gasteiger partial charge is 0.389 e. The molecule has 0 aromatic heterocycles. The van der Waals surface area contributed by atoms with Crippen LogP contribution in [-0.4, -0.2) is 41.3 Å². The molecule has 3 nitrogen and oxygen atoms in total. The topological polar surface area (TPSA) is 40.5 Å². The molecule has 0 aliphatic carbocycles. The Morgan fingerprint density at radius 3 is 2.67 bits per heavy atom. The van der Waals surface area contributed by atoms with Crippen LogP contribution in [0.25, 0.3) is 0 Å². The molecule has 106 valence electrons. The van der Waals surface area contributed by atoms with Crippen LogP contribution < -0.4 is 0 Å². The number of piperidine rings is 1. The first-order chi connectivity index (χ1) is 8.38. The van der Waals surface area contributed by atoms with Crippen molar-refractivity contribution in [2.24, 2.45) is 0 Å². The highest BCUT2D eigenvalue weighted by Crippen LogP contribution is 2.24. The summed E-state index contributed by atoms with van der Waals surface area (Å²) in [4.78, 5) is 12.6. The van der Waals surface area contributed by atoms with Crippen LogP contribution in [0.5, 0.6) is 0 Å². The predicted molar refractivity (Wildman–Crippen MR) is 61.4 cm³/mol. The molecule has 0 bridgehead atoms. The van der Waals surface area contributed by atoms with Crippen molar-refractivity contribution in [3.63, 3.8) is 0 Å². The zero-order valence-electron chi connectivity index (χ0n) is 10.4. The number of carboxylic acid groups (broad SMARTS) is 1. The van der Waals surface area contributed by atoms with Crippen LogP contribution in [0, 0.1) is 0 Å². The number of aliphatic carboxylic acids is 1. The minimum absolute atomic E-state index is 0.0977. The van der Waals surface area contributed by atoms with E-state index < -0.39 is 18.6 Å². The molecule has 0 spiro atoms. The summed E-state index contributed by atoms with van der Waals surface area (Å²) in [7, 11) is 0. The third kappa shape index (κ3) is 6.23.